The molecule has 0 fully saturated rings. The maximum atomic E-state index is 12.2. The number of nitrogens with zero attached hydrogens (tertiary/aromatic N) is 1. The van der Waals surface area contributed by atoms with E-state index in [9.17, 15) is 4.79 Å². The number of carbonyl (C=O) groups is 1. The number of amides is 1. The molecule has 2 atom stereocenters. The molecule has 0 saturated heterocycles. The maximum absolute atomic E-state index is 12.2. The molecule has 5 heteroatoms. The average molecular weight is 290 g/mol. The van der Waals surface area contributed by atoms with Crippen LogP contribution in [0.2, 0.25) is 5.02 Å². The Hall–Kier alpha value is -1.91. The number of nitrogens with two attached hydrogens (primary N) is 1. The van der Waals surface area contributed by atoms with Crippen LogP contribution in [-0.2, 0) is 4.79 Å². The van der Waals surface area contributed by atoms with E-state index in [2.05, 4.69) is 10.3 Å². The van der Waals surface area contributed by atoms with Gasteiger partial charge in [-0.2, -0.15) is 0 Å². The van der Waals surface area contributed by atoms with Crippen LogP contribution in [-0.4, -0.2) is 10.9 Å². The Morgan fingerprint density at radius 3 is 2.60 bits per heavy atom. The van der Waals surface area contributed by atoms with E-state index in [0.29, 0.717) is 10.8 Å². The first-order valence-electron chi connectivity index (χ1n) is 6.31. The first-order valence-corrected chi connectivity index (χ1v) is 6.69. The summed E-state index contributed by atoms with van der Waals surface area (Å²) in [5.74, 6) is -0.247. The molecule has 0 radical (unpaired) electrons. The van der Waals surface area contributed by atoms with Gasteiger partial charge in [-0.15, -0.1) is 0 Å². The smallest absolute Gasteiger partial charge is 0.230 e. The number of halogens is 1. The summed E-state index contributed by atoms with van der Waals surface area (Å²) in [5, 5.41) is 3.10. The third-order valence-electron chi connectivity index (χ3n) is 3.14. The molecule has 0 aliphatic carbocycles. The molecule has 1 amide bonds. The van der Waals surface area contributed by atoms with Gasteiger partial charge in [0.15, 0.2) is 5.82 Å². The Balaban J connectivity index is 2.08. The Labute approximate surface area is 123 Å². The fourth-order valence-electron chi connectivity index (χ4n) is 1.84. The summed E-state index contributed by atoms with van der Waals surface area (Å²) in [6.07, 6.45) is 1.57. The average Bonchev–Trinajstić information content (AvgIpc) is 2.49. The highest BCUT2D eigenvalue weighted by molar-refractivity contribution is 6.33. The molecule has 2 aromatic rings. The number of benzene rings is 1. The lowest BCUT2D eigenvalue weighted by Gasteiger charge is -2.19. The fourth-order valence-corrected chi connectivity index (χ4v) is 2.00. The highest BCUT2D eigenvalue weighted by Gasteiger charge is 2.22. The van der Waals surface area contributed by atoms with Gasteiger partial charge < -0.3 is 11.1 Å². The van der Waals surface area contributed by atoms with Gasteiger partial charge in [0, 0.05) is 12.2 Å². The first kappa shape index (κ1) is 14.5. The van der Waals surface area contributed by atoms with Crippen molar-refractivity contribution in [3.8, 4) is 0 Å². The predicted molar refractivity (Wildman–Crippen MR) is 80.4 cm³/mol. The third-order valence-corrected chi connectivity index (χ3v) is 3.44. The Kier molecular flexibility index (Phi) is 4.71. The maximum Gasteiger partial charge on any atom is 0.230 e. The van der Waals surface area contributed by atoms with Crippen LogP contribution in [0.5, 0.6) is 0 Å². The van der Waals surface area contributed by atoms with E-state index in [0.717, 1.165) is 5.56 Å². The van der Waals surface area contributed by atoms with Gasteiger partial charge in [0.2, 0.25) is 5.91 Å². The molecule has 20 heavy (non-hydrogen) atoms. The van der Waals surface area contributed by atoms with Gasteiger partial charge in [-0.25, -0.2) is 4.98 Å². The molecule has 0 aliphatic heterocycles. The number of rotatable bonds is 4. The number of hydrogen-bond donors (Lipinski definition) is 2. The van der Waals surface area contributed by atoms with Crippen molar-refractivity contribution in [3.05, 3.63) is 59.2 Å². The van der Waals surface area contributed by atoms with Crippen LogP contribution in [0.4, 0.5) is 5.82 Å². The molecular formula is C15H16ClN3O. The van der Waals surface area contributed by atoms with Crippen LogP contribution in [0, 0.1) is 5.92 Å². The van der Waals surface area contributed by atoms with E-state index in [-0.39, 0.29) is 11.9 Å². The highest BCUT2D eigenvalue weighted by atomic mass is 35.5. The van der Waals surface area contributed by atoms with E-state index >= 15 is 0 Å². The fraction of sp³-hybridized carbons (Fsp3) is 0.200. The second-order valence-electron chi connectivity index (χ2n) is 4.55. The quantitative estimate of drug-likeness (QED) is 0.909. The van der Waals surface area contributed by atoms with Gasteiger partial charge in [0.25, 0.3) is 0 Å². The minimum Gasteiger partial charge on any atom is -0.323 e. The monoisotopic (exact) mass is 289 g/mol. The predicted octanol–water partition coefficient (Wildman–Crippen LogP) is 3.01. The second kappa shape index (κ2) is 6.50. The van der Waals surface area contributed by atoms with E-state index in [4.69, 9.17) is 17.3 Å². The van der Waals surface area contributed by atoms with Crippen molar-refractivity contribution in [2.75, 3.05) is 5.32 Å². The Morgan fingerprint density at radius 1 is 1.25 bits per heavy atom. The lowest BCUT2D eigenvalue weighted by molar-refractivity contribution is -0.120. The molecule has 4 nitrogen and oxygen atoms in total. The van der Waals surface area contributed by atoms with Crippen molar-refractivity contribution < 1.29 is 4.79 Å². The number of aromatic nitrogens is 1. The first-order chi connectivity index (χ1) is 9.59. The van der Waals surface area contributed by atoms with E-state index in [1.165, 1.54) is 0 Å². The van der Waals surface area contributed by atoms with Crippen LogP contribution < -0.4 is 11.1 Å². The van der Waals surface area contributed by atoms with Crippen LogP contribution in [0.25, 0.3) is 0 Å². The lowest BCUT2D eigenvalue weighted by Crippen LogP contribution is -2.30. The number of carbonyl (C=O) groups excluding carboxylic acids is 1. The molecule has 0 saturated carbocycles. The minimum absolute atomic E-state index is 0.207. The largest absolute Gasteiger partial charge is 0.323 e. The van der Waals surface area contributed by atoms with Gasteiger partial charge in [-0.3, -0.25) is 4.79 Å². The van der Waals surface area contributed by atoms with E-state index < -0.39 is 5.92 Å². The van der Waals surface area contributed by atoms with Crippen LogP contribution >= 0.6 is 11.6 Å². The third kappa shape index (κ3) is 3.35. The van der Waals surface area contributed by atoms with E-state index in [1.807, 2.05) is 30.3 Å². The topological polar surface area (TPSA) is 68.0 Å². The molecule has 0 spiro atoms. The van der Waals surface area contributed by atoms with Crippen molar-refractivity contribution >= 4 is 23.3 Å². The number of hydrogen-bond acceptors (Lipinski definition) is 3. The zero-order chi connectivity index (χ0) is 14.5. The summed E-state index contributed by atoms with van der Waals surface area (Å²) in [4.78, 5) is 16.2. The van der Waals surface area contributed by atoms with Crippen LogP contribution in [0.3, 0.4) is 0 Å². The molecule has 0 bridgehead atoms. The molecular weight excluding hydrogens is 274 g/mol. The van der Waals surface area contributed by atoms with Gasteiger partial charge >= 0.3 is 0 Å². The summed E-state index contributed by atoms with van der Waals surface area (Å²) < 4.78 is 0. The van der Waals surface area contributed by atoms with Crippen molar-refractivity contribution in [1.82, 2.24) is 4.98 Å². The summed E-state index contributed by atoms with van der Waals surface area (Å²) in [6.45, 7) is 1.78. The molecule has 1 heterocycles. The SMILES string of the molecule is CC(C(=O)Nc1ncccc1Cl)C(N)c1ccccc1. The van der Waals surface area contributed by atoms with Gasteiger partial charge in [0.1, 0.15) is 0 Å². The summed E-state index contributed by atoms with van der Waals surface area (Å²) in [7, 11) is 0. The van der Waals surface area contributed by atoms with Crippen molar-refractivity contribution in [1.29, 1.82) is 0 Å². The normalized spacial score (nSPS) is 13.6. The van der Waals surface area contributed by atoms with E-state index in [1.54, 1.807) is 25.3 Å². The molecule has 1 aromatic carbocycles. The molecule has 2 unspecified atom stereocenters. The lowest BCUT2D eigenvalue weighted by atomic mass is 9.95. The zero-order valence-corrected chi connectivity index (χ0v) is 11.8. The van der Waals surface area contributed by atoms with Crippen LogP contribution in [0.1, 0.15) is 18.5 Å². The van der Waals surface area contributed by atoms with Crippen LogP contribution in [0.15, 0.2) is 48.7 Å². The zero-order valence-electron chi connectivity index (χ0n) is 11.1. The summed E-state index contributed by atoms with van der Waals surface area (Å²) in [5.41, 5.74) is 7.04. The Bertz CT molecular complexity index is 589. The molecule has 104 valence electrons. The summed E-state index contributed by atoms with van der Waals surface area (Å²) >= 11 is 5.96. The molecule has 1 aromatic heterocycles. The van der Waals surface area contributed by atoms with Gasteiger partial charge in [-0.05, 0) is 17.7 Å². The second-order valence-corrected chi connectivity index (χ2v) is 4.96. The molecule has 0 aliphatic rings. The number of pyridine rings is 1. The standard InChI is InChI=1S/C15H16ClN3O/c1-10(13(17)11-6-3-2-4-7-11)15(20)19-14-12(16)8-5-9-18-14/h2-10,13H,17H2,1H3,(H,18,19,20). The van der Waals surface area contributed by atoms with Gasteiger partial charge in [0.05, 0.1) is 10.9 Å². The molecule has 3 N–H and O–H groups in total. The number of anilines is 1. The van der Waals surface area contributed by atoms with Crippen molar-refractivity contribution in [3.63, 3.8) is 0 Å². The molecule has 2 rings (SSSR count). The Morgan fingerprint density at radius 2 is 1.95 bits per heavy atom. The minimum atomic E-state index is -0.393. The van der Waals surface area contributed by atoms with Crippen molar-refractivity contribution in [2.45, 2.75) is 13.0 Å². The number of nitrogens with one attached hydrogen (secondary N) is 1. The highest BCUT2D eigenvalue weighted by Crippen LogP contribution is 2.22. The summed E-state index contributed by atoms with van der Waals surface area (Å²) in [6, 6.07) is 12.5. The van der Waals surface area contributed by atoms with Gasteiger partial charge in [-0.1, -0.05) is 48.9 Å². The van der Waals surface area contributed by atoms with Crippen molar-refractivity contribution in [2.24, 2.45) is 11.7 Å².